The zero-order valence-corrected chi connectivity index (χ0v) is 12.7. The lowest BCUT2D eigenvalue weighted by Crippen LogP contribution is -2.42. The molecule has 0 saturated carbocycles. The molecular formula is C16H14F3NO4. The average Bonchev–Trinajstić information content (AvgIpc) is 2.93. The number of likely N-dealkylation sites (tertiary alicyclic amines) is 1. The van der Waals surface area contributed by atoms with Crippen LogP contribution in [0.25, 0.3) is 6.08 Å². The normalized spacial score (nSPS) is 18.2. The van der Waals surface area contributed by atoms with Crippen molar-refractivity contribution in [2.45, 2.75) is 25.1 Å². The number of carbonyl (C=O) groups excluding carboxylic acids is 3. The summed E-state index contributed by atoms with van der Waals surface area (Å²) in [6.07, 6.45) is -1.87. The van der Waals surface area contributed by atoms with Crippen molar-refractivity contribution >= 4 is 23.9 Å². The Bertz CT molecular complexity index is 680. The molecule has 0 aliphatic carbocycles. The van der Waals surface area contributed by atoms with Gasteiger partial charge in [-0.1, -0.05) is 12.1 Å². The molecule has 0 aromatic heterocycles. The molecule has 8 heteroatoms. The summed E-state index contributed by atoms with van der Waals surface area (Å²) in [7, 11) is 1.16. The number of benzene rings is 1. The first kappa shape index (κ1) is 17.7. The van der Waals surface area contributed by atoms with Gasteiger partial charge >= 0.3 is 12.1 Å². The van der Waals surface area contributed by atoms with Crippen molar-refractivity contribution in [2.24, 2.45) is 0 Å². The van der Waals surface area contributed by atoms with Crippen LogP contribution in [-0.4, -0.2) is 35.8 Å². The van der Waals surface area contributed by atoms with E-state index in [9.17, 15) is 27.6 Å². The minimum Gasteiger partial charge on any atom is -0.467 e. The third-order valence-corrected chi connectivity index (χ3v) is 3.58. The lowest BCUT2D eigenvalue weighted by molar-refractivity contribution is -0.154. The van der Waals surface area contributed by atoms with Crippen LogP contribution in [0.4, 0.5) is 13.2 Å². The monoisotopic (exact) mass is 341 g/mol. The average molecular weight is 341 g/mol. The number of imide groups is 1. The number of halogens is 3. The summed E-state index contributed by atoms with van der Waals surface area (Å²) in [5, 5.41) is 0. The van der Waals surface area contributed by atoms with Gasteiger partial charge in [-0.2, -0.15) is 13.2 Å². The Morgan fingerprint density at radius 1 is 1.25 bits per heavy atom. The number of esters is 1. The Morgan fingerprint density at radius 3 is 2.42 bits per heavy atom. The fourth-order valence-electron chi connectivity index (χ4n) is 2.35. The summed E-state index contributed by atoms with van der Waals surface area (Å²) in [6.45, 7) is 0. The zero-order chi connectivity index (χ0) is 17.9. The highest BCUT2D eigenvalue weighted by atomic mass is 19.4. The van der Waals surface area contributed by atoms with Crippen LogP contribution >= 0.6 is 0 Å². The van der Waals surface area contributed by atoms with Crippen molar-refractivity contribution in [3.8, 4) is 0 Å². The molecule has 24 heavy (non-hydrogen) atoms. The number of carbonyl (C=O) groups is 3. The van der Waals surface area contributed by atoms with E-state index in [0.717, 1.165) is 30.2 Å². The minimum atomic E-state index is -4.44. The number of ether oxygens (including phenoxy) is 1. The highest BCUT2D eigenvalue weighted by Gasteiger charge is 2.40. The first-order chi connectivity index (χ1) is 11.2. The van der Waals surface area contributed by atoms with Crippen molar-refractivity contribution in [3.05, 3.63) is 41.5 Å². The smallest absolute Gasteiger partial charge is 0.416 e. The Labute approximate surface area is 135 Å². The van der Waals surface area contributed by atoms with Crippen molar-refractivity contribution in [1.29, 1.82) is 0 Å². The second kappa shape index (κ2) is 6.86. The first-order valence-corrected chi connectivity index (χ1v) is 7.03. The summed E-state index contributed by atoms with van der Waals surface area (Å²) in [5.41, 5.74) is -0.441. The van der Waals surface area contributed by atoms with Gasteiger partial charge in [0.1, 0.15) is 6.04 Å². The van der Waals surface area contributed by atoms with Crippen LogP contribution in [0.5, 0.6) is 0 Å². The van der Waals surface area contributed by atoms with E-state index >= 15 is 0 Å². The van der Waals surface area contributed by atoms with Gasteiger partial charge in [0.15, 0.2) is 0 Å². The molecule has 0 spiro atoms. The second-order valence-electron chi connectivity index (χ2n) is 5.13. The molecule has 1 saturated heterocycles. The molecule has 1 fully saturated rings. The summed E-state index contributed by atoms with van der Waals surface area (Å²) >= 11 is 0. The molecule has 2 rings (SSSR count). The Balaban J connectivity index is 2.12. The molecule has 1 atom stereocenters. The molecular weight excluding hydrogens is 327 g/mol. The maximum Gasteiger partial charge on any atom is 0.416 e. The summed E-state index contributed by atoms with van der Waals surface area (Å²) < 4.78 is 42.0. The standard InChI is InChI=1S/C16H14F3NO4/c1-24-15(23)12-7-9-14(22)20(12)13(21)8-4-10-2-5-11(6-3-10)16(17,18)19/h2-6,8,12H,7,9H2,1H3/b8-4+/t12-/m0/s1. The molecule has 1 aromatic rings. The topological polar surface area (TPSA) is 63.7 Å². The van der Waals surface area contributed by atoms with Gasteiger partial charge in [-0.3, -0.25) is 14.5 Å². The van der Waals surface area contributed by atoms with Gasteiger partial charge in [0.2, 0.25) is 5.91 Å². The third kappa shape index (κ3) is 3.81. The number of hydrogen-bond acceptors (Lipinski definition) is 4. The predicted octanol–water partition coefficient (Wildman–Crippen LogP) is 2.41. The Morgan fingerprint density at radius 2 is 1.88 bits per heavy atom. The van der Waals surface area contributed by atoms with E-state index in [1.54, 1.807) is 0 Å². The molecule has 1 aromatic carbocycles. The lowest BCUT2D eigenvalue weighted by Gasteiger charge is -2.19. The first-order valence-electron chi connectivity index (χ1n) is 7.03. The molecule has 1 aliphatic heterocycles. The van der Waals surface area contributed by atoms with E-state index in [0.29, 0.717) is 5.56 Å². The molecule has 0 radical (unpaired) electrons. The predicted molar refractivity (Wildman–Crippen MR) is 77.4 cm³/mol. The van der Waals surface area contributed by atoms with Gasteiger partial charge in [-0.15, -0.1) is 0 Å². The minimum absolute atomic E-state index is 0.0552. The zero-order valence-electron chi connectivity index (χ0n) is 12.7. The molecule has 128 valence electrons. The number of nitrogens with zero attached hydrogens (tertiary/aromatic N) is 1. The van der Waals surface area contributed by atoms with Crippen LogP contribution in [0.15, 0.2) is 30.3 Å². The van der Waals surface area contributed by atoms with Crippen LogP contribution in [0.2, 0.25) is 0 Å². The van der Waals surface area contributed by atoms with Crippen LogP contribution in [0, 0.1) is 0 Å². The summed E-state index contributed by atoms with van der Waals surface area (Å²) in [6, 6.07) is 3.23. The van der Waals surface area contributed by atoms with E-state index in [1.165, 1.54) is 18.2 Å². The fraction of sp³-hybridized carbons (Fsp3) is 0.312. The largest absolute Gasteiger partial charge is 0.467 e. The van der Waals surface area contributed by atoms with E-state index in [-0.39, 0.29) is 12.8 Å². The lowest BCUT2D eigenvalue weighted by atomic mass is 10.1. The van der Waals surface area contributed by atoms with Gasteiger partial charge in [-0.05, 0) is 30.2 Å². The van der Waals surface area contributed by atoms with Crippen molar-refractivity contribution < 1.29 is 32.3 Å². The number of hydrogen-bond donors (Lipinski definition) is 0. The number of alkyl halides is 3. The van der Waals surface area contributed by atoms with E-state index in [2.05, 4.69) is 4.74 Å². The van der Waals surface area contributed by atoms with E-state index in [1.807, 2.05) is 0 Å². The quantitative estimate of drug-likeness (QED) is 0.626. The number of rotatable bonds is 3. The Hall–Kier alpha value is -2.64. The van der Waals surface area contributed by atoms with E-state index < -0.39 is 35.6 Å². The molecule has 1 aliphatic rings. The van der Waals surface area contributed by atoms with Crippen LogP contribution < -0.4 is 0 Å². The maximum atomic E-state index is 12.5. The van der Waals surface area contributed by atoms with Crippen molar-refractivity contribution in [2.75, 3.05) is 7.11 Å². The highest BCUT2D eigenvalue weighted by Crippen LogP contribution is 2.29. The van der Waals surface area contributed by atoms with Gasteiger partial charge < -0.3 is 4.74 Å². The van der Waals surface area contributed by atoms with Crippen LogP contribution in [0.1, 0.15) is 24.0 Å². The molecule has 5 nitrogen and oxygen atoms in total. The van der Waals surface area contributed by atoms with Crippen LogP contribution in [0.3, 0.4) is 0 Å². The Kier molecular flexibility index (Phi) is 5.06. The maximum absolute atomic E-state index is 12.5. The second-order valence-corrected chi connectivity index (χ2v) is 5.13. The molecule has 0 bridgehead atoms. The van der Waals surface area contributed by atoms with Crippen molar-refractivity contribution in [3.63, 3.8) is 0 Å². The fourth-order valence-corrected chi connectivity index (χ4v) is 2.35. The molecule has 0 N–H and O–H groups in total. The van der Waals surface area contributed by atoms with Crippen LogP contribution in [-0.2, 0) is 25.3 Å². The molecule has 1 heterocycles. The molecule has 0 unspecified atom stereocenters. The van der Waals surface area contributed by atoms with Gasteiger partial charge in [0, 0.05) is 12.5 Å². The third-order valence-electron chi connectivity index (χ3n) is 3.58. The SMILES string of the molecule is COC(=O)[C@@H]1CCC(=O)N1C(=O)/C=C/c1ccc(C(F)(F)F)cc1. The number of methoxy groups -OCH3 is 1. The number of amides is 2. The van der Waals surface area contributed by atoms with Crippen molar-refractivity contribution in [1.82, 2.24) is 4.90 Å². The van der Waals surface area contributed by atoms with Gasteiger partial charge in [0.05, 0.1) is 12.7 Å². The van der Waals surface area contributed by atoms with Gasteiger partial charge in [0.25, 0.3) is 5.91 Å². The molecule has 2 amide bonds. The summed E-state index contributed by atoms with van der Waals surface area (Å²) in [5.74, 6) is -1.89. The highest BCUT2D eigenvalue weighted by molar-refractivity contribution is 6.07. The van der Waals surface area contributed by atoms with Gasteiger partial charge in [-0.25, -0.2) is 4.79 Å². The summed E-state index contributed by atoms with van der Waals surface area (Å²) in [4.78, 5) is 36.3. The van der Waals surface area contributed by atoms with E-state index in [4.69, 9.17) is 0 Å².